The number of hydrogen-bond donors (Lipinski definition) is 0. The Hall–Kier alpha value is -4.36. The molecule has 1 heteroatoms. The van der Waals surface area contributed by atoms with E-state index < -0.39 is 0 Å². The topological polar surface area (TPSA) is 0 Å². The average molecular weight is 537 g/mol. The molecule has 9 rings (SSSR count). The summed E-state index contributed by atoms with van der Waals surface area (Å²) >= 11 is 0. The highest BCUT2D eigenvalue weighted by Gasteiger charge is 2.57. The zero-order chi connectivity index (χ0) is 28.5. The van der Waals surface area contributed by atoms with Crippen LogP contribution < -0.4 is 10.9 Å². The molecule has 0 amide bonds. The Bertz CT molecular complexity index is 2120. The smallest absolute Gasteiger partial charge is 0.0985 e. The maximum Gasteiger partial charge on any atom is 0.245 e. The van der Waals surface area contributed by atoms with Crippen LogP contribution in [0.3, 0.4) is 0 Å². The molecule has 3 heterocycles. The van der Waals surface area contributed by atoms with Crippen molar-refractivity contribution in [1.82, 2.24) is 0 Å². The van der Waals surface area contributed by atoms with Gasteiger partial charge in [0.2, 0.25) is 6.71 Å². The van der Waals surface area contributed by atoms with E-state index in [9.17, 15) is 0 Å². The first-order chi connectivity index (χ1) is 20.6. The van der Waals surface area contributed by atoms with E-state index in [1.807, 2.05) is 0 Å². The van der Waals surface area contributed by atoms with Crippen molar-refractivity contribution < 1.29 is 0 Å². The summed E-state index contributed by atoms with van der Waals surface area (Å²) in [6.07, 6.45) is 12.8. The monoisotopic (exact) mass is 536 g/mol. The van der Waals surface area contributed by atoms with Crippen LogP contribution in [0.4, 0.5) is 0 Å². The molecule has 5 aliphatic rings. The molecule has 0 nitrogen and oxygen atoms in total. The van der Waals surface area contributed by atoms with E-state index in [0.717, 1.165) is 6.42 Å². The molecule has 0 N–H and O–H groups in total. The average Bonchev–Trinajstić information content (AvgIpc) is 3.30. The van der Waals surface area contributed by atoms with Crippen LogP contribution in [0.5, 0.6) is 0 Å². The lowest BCUT2D eigenvalue weighted by atomic mass is 9.24. The van der Waals surface area contributed by atoms with Crippen molar-refractivity contribution in [2.45, 2.75) is 39.5 Å². The van der Waals surface area contributed by atoms with E-state index in [-0.39, 0.29) is 12.1 Å². The first kappa shape index (κ1) is 24.3. The van der Waals surface area contributed by atoms with E-state index >= 15 is 0 Å². The van der Waals surface area contributed by atoms with Crippen molar-refractivity contribution in [3.8, 4) is 0 Å². The van der Waals surface area contributed by atoms with E-state index in [1.165, 1.54) is 94.0 Å². The molecule has 42 heavy (non-hydrogen) atoms. The third-order valence-electron chi connectivity index (χ3n) is 10.9. The Balaban J connectivity index is 1.59. The van der Waals surface area contributed by atoms with Gasteiger partial charge in [0.15, 0.2) is 0 Å². The number of aryl methyl sites for hydroxylation is 1. The maximum absolute atomic E-state index is 4.41. The standard InChI is InChI=1S/C41H33B/c1-6-26-27(7-2)38-28(8-3)30-14-11-12-25-18-21-35-40(37(25)30)42(38)39-34(20-17-24(5)36(26)39)41(35)32-15-10-9-13-29(32)31-22-23(4)16-19-33(31)41/h6-21,23H,2,22H2,1,3-5H3/b26-6-,28-8-. The normalized spacial score (nSPS) is 24.3. The van der Waals surface area contributed by atoms with Gasteiger partial charge >= 0.3 is 0 Å². The lowest BCUT2D eigenvalue weighted by molar-refractivity contribution is 0.720. The molecular formula is C41H33B. The van der Waals surface area contributed by atoms with Gasteiger partial charge in [-0.2, -0.15) is 0 Å². The minimum Gasteiger partial charge on any atom is -0.0985 e. The molecule has 4 aromatic rings. The van der Waals surface area contributed by atoms with Crippen LogP contribution in [-0.4, -0.2) is 6.71 Å². The van der Waals surface area contributed by atoms with Crippen molar-refractivity contribution >= 4 is 45.1 Å². The Morgan fingerprint density at radius 3 is 2.40 bits per heavy atom. The van der Waals surface area contributed by atoms with Crippen molar-refractivity contribution in [1.29, 1.82) is 0 Å². The van der Waals surface area contributed by atoms with E-state index in [4.69, 9.17) is 0 Å². The van der Waals surface area contributed by atoms with Crippen molar-refractivity contribution in [3.05, 3.63) is 159 Å². The number of allylic oxidation sites excluding steroid dienone is 11. The lowest BCUT2D eigenvalue weighted by Gasteiger charge is -2.49. The molecule has 0 aromatic heterocycles. The maximum atomic E-state index is 4.41. The van der Waals surface area contributed by atoms with Crippen LogP contribution in [0.15, 0.2) is 120 Å². The third-order valence-corrected chi connectivity index (χ3v) is 10.9. The molecule has 0 radical (unpaired) electrons. The van der Waals surface area contributed by atoms with E-state index in [2.05, 4.69) is 131 Å². The van der Waals surface area contributed by atoms with Gasteiger partial charge in [-0.1, -0.05) is 127 Å². The van der Waals surface area contributed by atoms with Crippen LogP contribution in [0, 0.1) is 12.8 Å². The highest BCUT2D eigenvalue weighted by atomic mass is 14.5. The Morgan fingerprint density at radius 1 is 0.833 bits per heavy atom. The molecule has 4 aromatic carbocycles. The molecule has 0 saturated heterocycles. The molecule has 2 atom stereocenters. The largest absolute Gasteiger partial charge is 0.245 e. The number of benzene rings is 4. The first-order valence-corrected chi connectivity index (χ1v) is 15.5. The fourth-order valence-corrected chi connectivity index (χ4v) is 9.53. The highest BCUT2D eigenvalue weighted by molar-refractivity contribution is 6.97. The Kier molecular flexibility index (Phi) is 4.70. The summed E-state index contributed by atoms with van der Waals surface area (Å²) in [5.74, 6) is 0.536. The van der Waals surface area contributed by atoms with E-state index in [0.29, 0.717) is 5.92 Å². The zero-order valence-corrected chi connectivity index (χ0v) is 24.8. The van der Waals surface area contributed by atoms with Crippen molar-refractivity contribution in [2.75, 3.05) is 0 Å². The minimum absolute atomic E-state index is 0.181. The lowest BCUT2D eigenvalue weighted by Crippen LogP contribution is -2.61. The predicted molar refractivity (Wildman–Crippen MR) is 181 cm³/mol. The van der Waals surface area contributed by atoms with Gasteiger partial charge in [-0.3, -0.25) is 0 Å². The second-order valence-electron chi connectivity index (χ2n) is 12.7. The molecule has 1 spiro atoms. The van der Waals surface area contributed by atoms with Crippen LogP contribution in [0.1, 0.15) is 66.1 Å². The molecule has 2 unspecified atom stereocenters. The van der Waals surface area contributed by atoms with Gasteiger partial charge in [0, 0.05) is 0 Å². The van der Waals surface area contributed by atoms with Crippen molar-refractivity contribution in [2.24, 2.45) is 5.92 Å². The summed E-state index contributed by atoms with van der Waals surface area (Å²) in [6, 6.07) is 25.9. The fourth-order valence-electron chi connectivity index (χ4n) is 9.53. The zero-order valence-electron chi connectivity index (χ0n) is 24.8. The summed E-state index contributed by atoms with van der Waals surface area (Å²) in [4.78, 5) is 0. The molecule has 0 saturated carbocycles. The summed E-state index contributed by atoms with van der Waals surface area (Å²) < 4.78 is 0. The predicted octanol–water partition coefficient (Wildman–Crippen LogP) is 8.62. The number of fused-ring (bicyclic) bond motifs is 6. The van der Waals surface area contributed by atoms with Gasteiger partial charge in [-0.05, 0) is 111 Å². The second-order valence-corrected chi connectivity index (χ2v) is 12.7. The van der Waals surface area contributed by atoms with Crippen LogP contribution >= 0.6 is 0 Å². The van der Waals surface area contributed by atoms with E-state index in [1.54, 1.807) is 0 Å². The van der Waals surface area contributed by atoms with Crippen LogP contribution in [-0.2, 0) is 5.41 Å². The number of hydrogen-bond acceptors (Lipinski definition) is 0. The summed E-state index contributed by atoms with van der Waals surface area (Å²) in [7, 11) is 0. The van der Waals surface area contributed by atoms with Crippen LogP contribution in [0.2, 0.25) is 0 Å². The Morgan fingerprint density at radius 2 is 1.60 bits per heavy atom. The van der Waals surface area contributed by atoms with Gasteiger partial charge < -0.3 is 0 Å². The summed E-state index contributed by atoms with van der Waals surface area (Å²) in [6.45, 7) is 13.7. The van der Waals surface area contributed by atoms with Gasteiger partial charge in [-0.15, -0.1) is 0 Å². The molecular weight excluding hydrogens is 503 g/mol. The Labute approximate surface area is 249 Å². The van der Waals surface area contributed by atoms with Gasteiger partial charge in [-0.25, -0.2) is 0 Å². The number of rotatable bonds is 1. The van der Waals surface area contributed by atoms with Gasteiger partial charge in [0.1, 0.15) is 0 Å². The second kappa shape index (κ2) is 8.14. The minimum atomic E-state index is -0.337. The van der Waals surface area contributed by atoms with Gasteiger partial charge in [0.25, 0.3) is 0 Å². The first-order valence-electron chi connectivity index (χ1n) is 15.5. The molecule has 2 aliphatic carbocycles. The quantitative estimate of drug-likeness (QED) is 0.214. The summed E-state index contributed by atoms with van der Waals surface area (Å²) in [5, 5.41) is 2.77. The summed E-state index contributed by atoms with van der Waals surface area (Å²) in [5.41, 5.74) is 21.0. The third kappa shape index (κ3) is 2.55. The molecule has 0 bridgehead atoms. The molecule has 200 valence electrons. The fraction of sp³-hybridized carbons (Fsp3) is 0.171. The SMILES string of the molecule is C=CC1=C2B3c4c(ccc(C)c4/C1=C\C)C1(C4=C(CC(C)C=C4)c4ccccc41)c1ccc4cccc(c4c13)/C2=C/C. The molecule has 3 aliphatic heterocycles. The molecule has 0 fully saturated rings. The highest BCUT2D eigenvalue weighted by Crippen LogP contribution is 2.60. The van der Waals surface area contributed by atoms with Crippen LogP contribution in [0.25, 0.3) is 27.5 Å². The van der Waals surface area contributed by atoms with Gasteiger partial charge in [0.05, 0.1) is 5.41 Å². The van der Waals surface area contributed by atoms with Crippen molar-refractivity contribution in [3.63, 3.8) is 0 Å².